The molecule has 9 heteroatoms. The topological polar surface area (TPSA) is 63.1 Å². The van der Waals surface area contributed by atoms with Gasteiger partial charge < -0.3 is 10.2 Å². The van der Waals surface area contributed by atoms with Crippen molar-refractivity contribution in [3.8, 4) is 0 Å². The van der Waals surface area contributed by atoms with Crippen molar-refractivity contribution in [3.63, 3.8) is 0 Å². The molecule has 3 aromatic rings. The average Bonchev–Trinajstić information content (AvgIpc) is 3.39. The van der Waals surface area contributed by atoms with Gasteiger partial charge >= 0.3 is 0 Å². The molecule has 2 saturated carbocycles. The second-order valence-electron chi connectivity index (χ2n) is 9.76. The third kappa shape index (κ3) is 3.98. The summed E-state index contributed by atoms with van der Waals surface area (Å²) in [7, 11) is 0. The number of rotatable bonds is 4. The first kappa shape index (κ1) is 21.2. The van der Waals surface area contributed by atoms with Crippen molar-refractivity contribution in [2.24, 2.45) is 5.41 Å². The van der Waals surface area contributed by atoms with Crippen LogP contribution in [-0.2, 0) is 0 Å². The molecule has 0 bridgehead atoms. The number of amides is 1. The van der Waals surface area contributed by atoms with Gasteiger partial charge in [0, 0.05) is 35.2 Å². The zero-order chi connectivity index (χ0) is 22.8. The molecule has 0 unspecified atom stereocenters. The van der Waals surface area contributed by atoms with E-state index in [1.807, 2.05) is 12.1 Å². The first-order valence-corrected chi connectivity index (χ1v) is 12.5. The first-order valence-electron chi connectivity index (χ1n) is 11.4. The lowest BCUT2D eigenvalue weighted by atomic mass is 9.88. The second kappa shape index (κ2) is 7.61. The molecule has 33 heavy (non-hydrogen) atoms. The summed E-state index contributed by atoms with van der Waals surface area (Å²) in [4.78, 5) is 15.6. The van der Waals surface area contributed by atoms with E-state index in [4.69, 9.17) is 0 Å². The lowest BCUT2D eigenvalue weighted by Gasteiger charge is -2.35. The summed E-state index contributed by atoms with van der Waals surface area (Å²) in [6.45, 7) is 1.95. The average molecular weight is 563 g/mol. The minimum Gasteiger partial charge on any atom is -0.371 e. The number of nitrogens with zero attached hydrogens (tertiary/aromatic N) is 4. The summed E-state index contributed by atoms with van der Waals surface area (Å²) in [5.74, 6) is -2.81. The van der Waals surface area contributed by atoms with Gasteiger partial charge in [-0.15, -0.1) is 5.10 Å². The molecular weight excluding hydrogens is 539 g/mol. The Morgan fingerprint density at radius 2 is 1.82 bits per heavy atom. The quantitative estimate of drug-likeness (QED) is 0.418. The summed E-state index contributed by atoms with van der Waals surface area (Å²) in [6.07, 6.45) is 4.59. The van der Waals surface area contributed by atoms with E-state index in [9.17, 15) is 13.6 Å². The largest absolute Gasteiger partial charge is 0.371 e. The van der Waals surface area contributed by atoms with Crippen LogP contribution < -0.4 is 10.2 Å². The number of nitrogens with one attached hydrogen (secondary N) is 1. The van der Waals surface area contributed by atoms with Crippen LogP contribution in [0.1, 0.15) is 54.9 Å². The van der Waals surface area contributed by atoms with Crippen molar-refractivity contribution in [2.75, 3.05) is 23.3 Å². The lowest BCUT2D eigenvalue weighted by molar-refractivity contribution is -0.106. The van der Waals surface area contributed by atoms with E-state index in [1.165, 1.54) is 25.7 Å². The number of alkyl halides is 2. The molecule has 1 aliphatic heterocycles. The summed E-state index contributed by atoms with van der Waals surface area (Å²) in [5.41, 5.74) is 4.06. The van der Waals surface area contributed by atoms with Crippen molar-refractivity contribution < 1.29 is 13.6 Å². The molecular formula is C24H24F2IN5O. The van der Waals surface area contributed by atoms with E-state index in [1.54, 1.807) is 22.9 Å². The molecule has 0 atom stereocenters. The Labute approximate surface area is 203 Å². The third-order valence-electron chi connectivity index (χ3n) is 7.47. The fourth-order valence-electron chi connectivity index (χ4n) is 5.14. The number of piperidine rings is 1. The van der Waals surface area contributed by atoms with Crippen molar-refractivity contribution >= 4 is 50.9 Å². The van der Waals surface area contributed by atoms with Gasteiger partial charge in [0.05, 0.1) is 22.8 Å². The minimum absolute atomic E-state index is 0.179. The second-order valence-corrected chi connectivity index (χ2v) is 11.0. The van der Waals surface area contributed by atoms with Crippen molar-refractivity contribution in [2.45, 2.75) is 50.5 Å². The Bertz CT molecular complexity index is 1240. The maximum Gasteiger partial charge on any atom is 0.257 e. The Kier molecular flexibility index (Phi) is 4.90. The van der Waals surface area contributed by atoms with Gasteiger partial charge in [-0.1, -0.05) is 5.21 Å². The highest BCUT2D eigenvalue weighted by Gasteiger charge is 2.47. The zero-order valence-electron chi connectivity index (χ0n) is 18.0. The van der Waals surface area contributed by atoms with Crippen LogP contribution in [0.25, 0.3) is 11.0 Å². The number of carbonyl (C=O) groups excluding carboxylic acids is 1. The van der Waals surface area contributed by atoms with E-state index in [0.717, 1.165) is 22.3 Å². The molecule has 1 saturated heterocycles. The lowest BCUT2D eigenvalue weighted by Crippen LogP contribution is -2.37. The van der Waals surface area contributed by atoms with Crippen molar-refractivity contribution in [3.05, 3.63) is 45.5 Å². The van der Waals surface area contributed by atoms with E-state index >= 15 is 0 Å². The number of hydrogen-bond acceptors (Lipinski definition) is 4. The number of halogens is 3. The highest BCUT2D eigenvalue weighted by atomic mass is 127. The molecule has 3 fully saturated rings. The van der Waals surface area contributed by atoms with E-state index in [-0.39, 0.29) is 24.8 Å². The zero-order valence-corrected chi connectivity index (χ0v) is 20.2. The van der Waals surface area contributed by atoms with Crippen molar-refractivity contribution in [1.82, 2.24) is 15.0 Å². The Morgan fingerprint density at radius 1 is 1.06 bits per heavy atom. The van der Waals surface area contributed by atoms with Gasteiger partial charge in [-0.2, -0.15) is 0 Å². The molecule has 2 aliphatic carbocycles. The molecule has 3 aliphatic rings. The van der Waals surface area contributed by atoms with E-state index < -0.39 is 5.92 Å². The van der Waals surface area contributed by atoms with Gasteiger partial charge in [-0.25, -0.2) is 13.5 Å². The molecule has 2 heterocycles. The van der Waals surface area contributed by atoms with E-state index in [2.05, 4.69) is 49.2 Å². The minimum atomic E-state index is -2.64. The standard InChI is InChI=1S/C24H24F2IN5O/c25-24(26)13-17(14-24)32-21-12-16(2-4-19(21)29-30-32)28-22(33)18-3-1-15(27)11-20(18)31-9-7-23(5-6-23)8-10-31/h1-4,11-12,17H,5-10,13-14H2,(H,28,33). The monoisotopic (exact) mass is 563 g/mol. The molecule has 0 radical (unpaired) electrons. The number of fused-ring (bicyclic) bond motifs is 1. The van der Waals surface area contributed by atoms with Gasteiger partial charge in [0.25, 0.3) is 11.8 Å². The molecule has 172 valence electrons. The van der Waals surface area contributed by atoms with Gasteiger partial charge in [0.15, 0.2) is 0 Å². The van der Waals surface area contributed by atoms with E-state index in [0.29, 0.717) is 27.7 Å². The molecule has 6 nitrogen and oxygen atoms in total. The van der Waals surface area contributed by atoms with Crippen LogP contribution in [0.4, 0.5) is 20.2 Å². The fraction of sp³-hybridized carbons (Fsp3) is 0.458. The molecule has 2 aromatic carbocycles. The SMILES string of the molecule is O=C(Nc1ccc2nnn(C3CC(F)(F)C3)c2c1)c1ccc(I)cc1N1CCC2(CC1)CC2. The normalized spacial score (nSPS) is 21.2. The molecule has 1 spiro atoms. The predicted octanol–water partition coefficient (Wildman–Crippen LogP) is 5.64. The van der Waals surface area contributed by atoms with Crippen LogP contribution >= 0.6 is 22.6 Å². The highest BCUT2D eigenvalue weighted by Crippen LogP contribution is 2.54. The van der Waals surface area contributed by atoms with Crippen LogP contribution in [0.15, 0.2) is 36.4 Å². The summed E-state index contributed by atoms with van der Waals surface area (Å²) >= 11 is 2.29. The number of carbonyl (C=O) groups is 1. The Hall–Kier alpha value is -2.30. The maximum absolute atomic E-state index is 13.4. The van der Waals surface area contributed by atoms with Crippen molar-refractivity contribution in [1.29, 1.82) is 0 Å². The third-order valence-corrected chi connectivity index (χ3v) is 8.14. The number of anilines is 2. The van der Waals surface area contributed by atoms with Crippen LogP contribution in [0.3, 0.4) is 0 Å². The first-order chi connectivity index (χ1) is 15.8. The summed E-state index contributed by atoms with van der Waals surface area (Å²) in [5, 5.41) is 11.2. The smallest absolute Gasteiger partial charge is 0.257 e. The predicted molar refractivity (Wildman–Crippen MR) is 131 cm³/mol. The van der Waals surface area contributed by atoms with Crippen LogP contribution in [0.5, 0.6) is 0 Å². The van der Waals surface area contributed by atoms with Crippen LogP contribution in [0.2, 0.25) is 0 Å². The van der Waals surface area contributed by atoms with Gasteiger partial charge in [0.1, 0.15) is 5.52 Å². The molecule has 1 amide bonds. The Morgan fingerprint density at radius 3 is 2.52 bits per heavy atom. The van der Waals surface area contributed by atoms with Gasteiger partial charge in [0.2, 0.25) is 0 Å². The number of benzene rings is 2. The Balaban J connectivity index is 1.24. The summed E-state index contributed by atoms with van der Waals surface area (Å²) in [6, 6.07) is 10.9. The van der Waals surface area contributed by atoms with Crippen LogP contribution in [0, 0.1) is 8.99 Å². The van der Waals surface area contributed by atoms with Crippen LogP contribution in [-0.4, -0.2) is 39.9 Å². The molecule has 6 rings (SSSR count). The summed E-state index contributed by atoms with van der Waals surface area (Å²) < 4.78 is 29.4. The van der Waals surface area contributed by atoms with Gasteiger partial charge in [-0.05, 0) is 90.1 Å². The molecule has 1 aromatic heterocycles. The fourth-order valence-corrected chi connectivity index (χ4v) is 5.62. The number of aromatic nitrogens is 3. The molecule has 1 N–H and O–H groups in total. The maximum atomic E-state index is 13.4. The highest BCUT2D eigenvalue weighted by molar-refractivity contribution is 14.1. The number of hydrogen-bond donors (Lipinski definition) is 1. The van der Waals surface area contributed by atoms with Gasteiger partial charge in [-0.3, -0.25) is 4.79 Å².